The Balaban J connectivity index is 1.52. The van der Waals surface area contributed by atoms with Crippen LogP contribution in [0.1, 0.15) is 80.8 Å². The predicted molar refractivity (Wildman–Crippen MR) is 123 cm³/mol. The molecule has 170 valence electrons. The molecule has 5 rings (SSSR count). The van der Waals surface area contributed by atoms with E-state index in [-0.39, 0.29) is 30.2 Å². The van der Waals surface area contributed by atoms with Crippen molar-refractivity contribution < 1.29 is 19.2 Å². The number of carbonyl (C=O) groups excluding carboxylic acids is 4. The number of fused-ring (bicyclic) bond motifs is 2. The summed E-state index contributed by atoms with van der Waals surface area (Å²) in [7, 11) is 0. The summed E-state index contributed by atoms with van der Waals surface area (Å²) in [6.07, 6.45) is 5.55. The molecule has 1 aliphatic carbocycles. The Bertz CT molecular complexity index is 1110. The fourth-order valence-electron chi connectivity index (χ4n) is 5.83. The number of amides is 3. The summed E-state index contributed by atoms with van der Waals surface area (Å²) < 4.78 is 0. The molecule has 1 saturated carbocycles. The van der Waals surface area contributed by atoms with Crippen molar-refractivity contribution in [1.82, 2.24) is 9.80 Å². The van der Waals surface area contributed by atoms with Gasteiger partial charge in [0.25, 0.3) is 11.8 Å². The molecule has 1 fully saturated rings. The molecule has 2 heterocycles. The van der Waals surface area contributed by atoms with Gasteiger partial charge in [-0.15, -0.1) is 0 Å². The van der Waals surface area contributed by atoms with Crippen molar-refractivity contribution in [3.8, 4) is 0 Å². The van der Waals surface area contributed by atoms with Gasteiger partial charge in [0.15, 0.2) is 0 Å². The largest absolute Gasteiger partial charge is 0.333 e. The van der Waals surface area contributed by atoms with Gasteiger partial charge in [0.2, 0.25) is 5.91 Å². The minimum atomic E-state index is -0.461. The summed E-state index contributed by atoms with van der Waals surface area (Å²) in [5, 5.41) is 0. The number of benzene rings is 2. The molecule has 3 atom stereocenters. The minimum absolute atomic E-state index is 0.0424. The minimum Gasteiger partial charge on any atom is -0.333 e. The van der Waals surface area contributed by atoms with Crippen LogP contribution in [0.5, 0.6) is 0 Å². The summed E-state index contributed by atoms with van der Waals surface area (Å²) in [4.78, 5) is 54.8. The molecule has 2 aromatic carbocycles. The molecule has 0 bridgehead atoms. The lowest BCUT2D eigenvalue weighted by atomic mass is 9.78. The van der Waals surface area contributed by atoms with Gasteiger partial charge >= 0.3 is 0 Å². The van der Waals surface area contributed by atoms with Crippen molar-refractivity contribution >= 4 is 24.0 Å². The maximum Gasteiger partial charge on any atom is 0.261 e. The van der Waals surface area contributed by atoms with E-state index >= 15 is 0 Å². The lowest BCUT2D eigenvalue weighted by Gasteiger charge is -2.42. The molecule has 33 heavy (non-hydrogen) atoms. The van der Waals surface area contributed by atoms with Gasteiger partial charge in [-0.2, -0.15) is 0 Å². The monoisotopic (exact) mass is 444 g/mol. The highest BCUT2D eigenvalue weighted by Crippen LogP contribution is 2.38. The zero-order chi connectivity index (χ0) is 23.1. The predicted octanol–water partition coefficient (Wildman–Crippen LogP) is 4.05. The Kier molecular flexibility index (Phi) is 5.60. The van der Waals surface area contributed by atoms with E-state index in [1.54, 1.807) is 30.3 Å². The summed E-state index contributed by atoms with van der Waals surface area (Å²) in [6, 6.07) is 11.9. The third-order valence-electron chi connectivity index (χ3n) is 7.66. The van der Waals surface area contributed by atoms with E-state index in [1.165, 1.54) is 4.90 Å². The highest BCUT2D eigenvalue weighted by molar-refractivity contribution is 6.21. The van der Waals surface area contributed by atoms with Crippen LogP contribution in [0, 0.1) is 11.8 Å². The molecule has 0 radical (unpaired) electrons. The third-order valence-corrected chi connectivity index (χ3v) is 7.66. The number of nitrogens with zero attached hydrogens (tertiary/aromatic N) is 2. The zero-order valence-electron chi connectivity index (χ0n) is 18.8. The van der Waals surface area contributed by atoms with Crippen LogP contribution in [0.15, 0.2) is 42.5 Å². The lowest BCUT2D eigenvalue weighted by molar-refractivity contribution is -0.141. The van der Waals surface area contributed by atoms with Crippen molar-refractivity contribution in [3.63, 3.8) is 0 Å². The number of carbonyl (C=O) groups is 4. The average Bonchev–Trinajstić information content (AvgIpc) is 3.08. The molecule has 3 amide bonds. The molecular formula is C27H28N2O4. The van der Waals surface area contributed by atoms with Gasteiger partial charge < -0.3 is 4.90 Å². The first-order valence-electron chi connectivity index (χ1n) is 11.8. The van der Waals surface area contributed by atoms with Gasteiger partial charge in [0, 0.05) is 18.0 Å². The van der Waals surface area contributed by atoms with Crippen molar-refractivity contribution in [2.45, 2.75) is 45.1 Å². The second kappa shape index (κ2) is 8.58. The van der Waals surface area contributed by atoms with E-state index in [0.29, 0.717) is 35.6 Å². The Morgan fingerprint density at radius 2 is 1.70 bits per heavy atom. The SMILES string of the molecule is C[C@@H]1CCCC[C@@H]1C(=O)N1CCc2c(C=O)cccc2[C@@H]1CN1C(=O)c2ccccc2C1=O. The van der Waals surface area contributed by atoms with Crippen LogP contribution in [0.4, 0.5) is 0 Å². The van der Waals surface area contributed by atoms with Crippen LogP contribution in [-0.4, -0.2) is 46.9 Å². The number of imide groups is 1. The van der Waals surface area contributed by atoms with Crippen LogP contribution in [-0.2, 0) is 11.2 Å². The van der Waals surface area contributed by atoms with Crippen molar-refractivity contribution in [3.05, 3.63) is 70.3 Å². The summed E-state index contributed by atoms with van der Waals surface area (Å²) in [5.74, 6) is -0.278. The highest BCUT2D eigenvalue weighted by Gasteiger charge is 2.42. The third kappa shape index (κ3) is 3.58. The quantitative estimate of drug-likeness (QED) is 0.527. The molecule has 0 unspecified atom stereocenters. The molecule has 0 aromatic heterocycles. The van der Waals surface area contributed by atoms with E-state index in [9.17, 15) is 19.2 Å². The van der Waals surface area contributed by atoms with Gasteiger partial charge in [0.05, 0.1) is 23.7 Å². The molecule has 2 aromatic rings. The first kappa shape index (κ1) is 21.6. The Hall–Kier alpha value is -3.28. The molecule has 0 N–H and O–H groups in total. The zero-order valence-corrected chi connectivity index (χ0v) is 18.8. The van der Waals surface area contributed by atoms with Crippen molar-refractivity contribution in [1.29, 1.82) is 0 Å². The van der Waals surface area contributed by atoms with Gasteiger partial charge in [-0.25, -0.2) is 0 Å². The van der Waals surface area contributed by atoms with E-state index in [0.717, 1.165) is 43.1 Å². The Morgan fingerprint density at radius 1 is 1.00 bits per heavy atom. The maximum absolute atomic E-state index is 13.8. The first-order valence-corrected chi connectivity index (χ1v) is 11.8. The van der Waals surface area contributed by atoms with Gasteiger partial charge in [-0.05, 0) is 48.4 Å². The smallest absolute Gasteiger partial charge is 0.261 e. The first-order chi connectivity index (χ1) is 16.0. The molecule has 0 spiro atoms. The number of hydrogen-bond donors (Lipinski definition) is 0. The number of aldehydes is 1. The maximum atomic E-state index is 13.8. The number of hydrogen-bond acceptors (Lipinski definition) is 4. The molecule has 6 heteroatoms. The van der Waals surface area contributed by atoms with Gasteiger partial charge in [-0.1, -0.05) is 50.1 Å². The van der Waals surface area contributed by atoms with Crippen LogP contribution < -0.4 is 0 Å². The second-order valence-electron chi connectivity index (χ2n) is 9.47. The summed E-state index contributed by atoms with van der Waals surface area (Å²) in [5.41, 5.74) is 3.19. The average molecular weight is 445 g/mol. The molecule has 0 saturated heterocycles. The fraction of sp³-hybridized carbons (Fsp3) is 0.407. The van der Waals surface area contributed by atoms with Crippen LogP contribution in [0.2, 0.25) is 0 Å². The van der Waals surface area contributed by atoms with E-state index in [1.807, 2.05) is 17.0 Å². The van der Waals surface area contributed by atoms with Gasteiger partial charge in [0.1, 0.15) is 6.29 Å². The van der Waals surface area contributed by atoms with E-state index in [4.69, 9.17) is 0 Å². The van der Waals surface area contributed by atoms with E-state index < -0.39 is 6.04 Å². The molecular weight excluding hydrogens is 416 g/mol. The summed E-state index contributed by atoms with van der Waals surface area (Å²) >= 11 is 0. The topological polar surface area (TPSA) is 74.8 Å². The van der Waals surface area contributed by atoms with Crippen LogP contribution >= 0.6 is 0 Å². The molecule has 3 aliphatic rings. The Morgan fingerprint density at radius 3 is 2.36 bits per heavy atom. The Labute approximate surface area is 193 Å². The van der Waals surface area contributed by atoms with Crippen molar-refractivity contribution in [2.24, 2.45) is 11.8 Å². The number of rotatable bonds is 4. The fourth-order valence-corrected chi connectivity index (χ4v) is 5.83. The summed E-state index contributed by atoms with van der Waals surface area (Å²) in [6.45, 7) is 2.71. The van der Waals surface area contributed by atoms with E-state index in [2.05, 4.69) is 6.92 Å². The normalized spacial score (nSPS) is 24.5. The van der Waals surface area contributed by atoms with Crippen LogP contribution in [0.25, 0.3) is 0 Å². The molecule has 6 nitrogen and oxygen atoms in total. The highest BCUT2D eigenvalue weighted by atomic mass is 16.2. The molecule has 2 aliphatic heterocycles. The van der Waals surface area contributed by atoms with Crippen LogP contribution in [0.3, 0.4) is 0 Å². The van der Waals surface area contributed by atoms with Crippen molar-refractivity contribution in [2.75, 3.05) is 13.1 Å². The standard InChI is InChI=1S/C27H28N2O4/c1-17-7-2-3-9-19(17)25(31)28-14-13-20-18(16-30)8-6-12-21(20)24(28)15-29-26(32)22-10-4-5-11-23(22)27(29)33/h4-6,8,10-12,16-17,19,24H,2-3,7,9,13-15H2,1H3/t17-,19+,24+/m1/s1. The van der Waals surface area contributed by atoms with Gasteiger partial charge in [-0.3, -0.25) is 24.1 Å². The second-order valence-corrected chi connectivity index (χ2v) is 9.47. The lowest BCUT2D eigenvalue weighted by Crippen LogP contribution is -2.49.